The monoisotopic (exact) mass is 267 g/mol. The molecule has 1 fully saturated rings. The highest BCUT2D eigenvalue weighted by Crippen LogP contribution is 2.24. The summed E-state index contributed by atoms with van der Waals surface area (Å²) in [6.45, 7) is 4.88. The number of pyridine rings is 1. The number of aromatic nitrogens is 1. The molecule has 18 heavy (non-hydrogen) atoms. The number of hydrogen-bond acceptors (Lipinski definition) is 3. The van der Waals surface area contributed by atoms with Crippen molar-refractivity contribution in [2.24, 2.45) is 5.41 Å². The summed E-state index contributed by atoms with van der Waals surface area (Å²) >= 11 is 5.73. The van der Waals surface area contributed by atoms with Gasteiger partial charge in [-0.1, -0.05) is 18.5 Å². The van der Waals surface area contributed by atoms with Crippen molar-refractivity contribution in [2.45, 2.75) is 19.8 Å². The second kappa shape index (κ2) is 5.67. The van der Waals surface area contributed by atoms with Gasteiger partial charge in [-0.3, -0.25) is 4.79 Å². The number of amides is 1. The summed E-state index contributed by atoms with van der Waals surface area (Å²) < 4.78 is 0. The first-order chi connectivity index (χ1) is 8.59. The standard InChI is InChI=1S/C13H18ClN3O/c1-13(5-2-6-15-8-13)9-17-12(18)11-4-3-10(14)7-16-11/h3-4,7,15H,2,5-6,8-9H2,1H3,(H,17,18). The molecule has 0 radical (unpaired) electrons. The molecule has 0 bridgehead atoms. The van der Waals surface area contributed by atoms with Gasteiger partial charge in [0.1, 0.15) is 5.69 Å². The first-order valence-corrected chi connectivity index (χ1v) is 6.57. The molecule has 5 heteroatoms. The molecule has 98 valence electrons. The van der Waals surface area contributed by atoms with Crippen LogP contribution in [0.3, 0.4) is 0 Å². The highest BCUT2D eigenvalue weighted by atomic mass is 35.5. The van der Waals surface area contributed by atoms with E-state index in [-0.39, 0.29) is 11.3 Å². The van der Waals surface area contributed by atoms with E-state index in [1.807, 2.05) is 0 Å². The highest BCUT2D eigenvalue weighted by Gasteiger charge is 2.27. The van der Waals surface area contributed by atoms with Crippen molar-refractivity contribution in [3.05, 3.63) is 29.0 Å². The number of nitrogens with zero attached hydrogens (tertiary/aromatic N) is 1. The number of hydrogen-bond donors (Lipinski definition) is 2. The maximum Gasteiger partial charge on any atom is 0.269 e. The third kappa shape index (κ3) is 3.43. The molecule has 1 saturated heterocycles. The van der Waals surface area contributed by atoms with E-state index in [0.717, 1.165) is 25.9 Å². The summed E-state index contributed by atoms with van der Waals surface area (Å²) in [4.78, 5) is 15.9. The maximum atomic E-state index is 11.9. The Hall–Kier alpha value is -1.13. The van der Waals surface area contributed by atoms with Crippen LogP contribution in [-0.4, -0.2) is 30.5 Å². The zero-order valence-corrected chi connectivity index (χ0v) is 11.3. The molecule has 0 aliphatic carbocycles. The van der Waals surface area contributed by atoms with Crippen LogP contribution in [0.15, 0.2) is 18.3 Å². The topological polar surface area (TPSA) is 54.0 Å². The van der Waals surface area contributed by atoms with Gasteiger partial charge in [-0.25, -0.2) is 4.98 Å². The van der Waals surface area contributed by atoms with Gasteiger partial charge in [0.15, 0.2) is 0 Å². The summed E-state index contributed by atoms with van der Waals surface area (Å²) in [7, 11) is 0. The largest absolute Gasteiger partial charge is 0.350 e. The molecule has 1 aliphatic rings. The molecule has 1 unspecified atom stereocenters. The molecule has 2 rings (SSSR count). The molecular formula is C13H18ClN3O. The first-order valence-electron chi connectivity index (χ1n) is 6.20. The SMILES string of the molecule is CC1(CNC(=O)c2ccc(Cl)cn2)CCCNC1. The molecule has 1 atom stereocenters. The van der Waals surface area contributed by atoms with Crippen LogP contribution in [0.5, 0.6) is 0 Å². The lowest BCUT2D eigenvalue weighted by Crippen LogP contribution is -2.45. The molecule has 2 heterocycles. The molecule has 0 saturated carbocycles. The summed E-state index contributed by atoms with van der Waals surface area (Å²) in [6, 6.07) is 3.31. The van der Waals surface area contributed by atoms with Crippen molar-refractivity contribution >= 4 is 17.5 Å². The Kier molecular flexibility index (Phi) is 4.19. The first kappa shape index (κ1) is 13.3. The molecule has 4 nitrogen and oxygen atoms in total. The maximum absolute atomic E-state index is 11.9. The summed E-state index contributed by atoms with van der Waals surface area (Å²) in [6.07, 6.45) is 3.78. The van der Waals surface area contributed by atoms with Crippen LogP contribution in [0, 0.1) is 5.41 Å². The molecule has 0 spiro atoms. The second-order valence-corrected chi connectivity index (χ2v) is 5.57. The van der Waals surface area contributed by atoms with E-state index >= 15 is 0 Å². The van der Waals surface area contributed by atoms with Gasteiger partial charge < -0.3 is 10.6 Å². The van der Waals surface area contributed by atoms with E-state index in [1.54, 1.807) is 12.1 Å². The van der Waals surface area contributed by atoms with Crippen molar-refractivity contribution in [1.82, 2.24) is 15.6 Å². The molecule has 1 aromatic rings. The molecule has 1 aromatic heterocycles. The Morgan fingerprint density at radius 2 is 2.44 bits per heavy atom. The van der Waals surface area contributed by atoms with Crippen LogP contribution in [0.25, 0.3) is 0 Å². The van der Waals surface area contributed by atoms with Gasteiger partial charge in [-0.2, -0.15) is 0 Å². The number of carbonyl (C=O) groups is 1. The number of carbonyl (C=O) groups excluding carboxylic acids is 1. The van der Waals surface area contributed by atoms with E-state index in [0.29, 0.717) is 17.3 Å². The third-order valence-electron chi connectivity index (χ3n) is 3.32. The minimum atomic E-state index is -0.140. The second-order valence-electron chi connectivity index (χ2n) is 5.14. The lowest BCUT2D eigenvalue weighted by atomic mass is 9.83. The van der Waals surface area contributed by atoms with Crippen molar-refractivity contribution in [3.63, 3.8) is 0 Å². The Bertz CT molecular complexity index is 413. The van der Waals surface area contributed by atoms with Crippen LogP contribution in [-0.2, 0) is 0 Å². The van der Waals surface area contributed by atoms with Gasteiger partial charge >= 0.3 is 0 Å². The molecule has 1 aliphatic heterocycles. The van der Waals surface area contributed by atoms with E-state index in [1.165, 1.54) is 6.20 Å². The van der Waals surface area contributed by atoms with Gasteiger partial charge in [0.25, 0.3) is 5.91 Å². The summed E-state index contributed by atoms with van der Waals surface area (Å²) in [5.74, 6) is -0.140. The van der Waals surface area contributed by atoms with Crippen LogP contribution in [0.2, 0.25) is 5.02 Å². The van der Waals surface area contributed by atoms with Gasteiger partial charge in [0, 0.05) is 19.3 Å². The average molecular weight is 268 g/mol. The minimum Gasteiger partial charge on any atom is -0.350 e. The van der Waals surface area contributed by atoms with Crippen LogP contribution >= 0.6 is 11.6 Å². The molecular weight excluding hydrogens is 250 g/mol. The smallest absolute Gasteiger partial charge is 0.269 e. The molecule has 0 aromatic carbocycles. The van der Waals surface area contributed by atoms with E-state index < -0.39 is 0 Å². The van der Waals surface area contributed by atoms with E-state index in [4.69, 9.17) is 11.6 Å². The van der Waals surface area contributed by atoms with Crippen LogP contribution in [0.4, 0.5) is 0 Å². The van der Waals surface area contributed by atoms with Gasteiger partial charge in [-0.15, -0.1) is 0 Å². The Balaban J connectivity index is 1.89. The quantitative estimate of drug-likeness (QED) is 0.879. The zero-order valence-electron chi connectivity index (χ0n) is 10.5. The lowest BCUT2D eigenvalue weighted by Gasteiger charge is -2.34. The number of piperidine rings is 1. The molecule has 1 amide bonds. The third-order valence-corrected chi connectivity index (χ3v) is 3.54. The molecule has 2 N–H and O–H groups in total. The van der Waals surface area contributed by atoms with E-state index in [2.05, 4.69) is 22.5 Å². The Morgan fingerprint density at radius 1 is 1.61 bits per heavy atom. The number of rotatable bonds is 3. The van der Waals surface area contributed by atoms with Crippen molar-refractivity contribution in [2.75, 3.05) is 19.6 Å². The lowest BCUT2D eigenvalue weighted by molar-refractivity contribution is 0.0919. The van der Waals surface area contributed by atoms with E-state index in [9.17, 15) is 4.79 Å². The van der Waals surface area contributed by atoms with Crippen molar-refractivity contribution in [1.29, 1.82) is 0 Å². The summed E-state index contributed by atoms with van der Waals surface area (Å²) in [5.41, 5.74) is 0.548. The number of halogens is 1. The fourth-order valence-corrected chi connectivity index (χ4v) is 2.28. The van der Waals surface area contributed by atoms with Crippen LogP contribution in [0.1, 0.15) is 30.3 Å². The highest BCUT2D eigenvalue weighted by molar-refractivity contribution is 6.30. The Labute approximate surface area is 112 Å². The fraction of sp³-hybridized carbons (Fsp3) is 0.538. The van der Waals surface area contributed by atoms with Gasteiger partial charge in [0.05, 0.1) is 5.02 Å². The summed E-state index contributed by atoms with van der Waals surface area (Å²) in [5, 5.41) is 6.84. The Morgan fingerprint density at radius 3 is 3.06 bits per heavy atom. The normalized spacial score (nSPS) is 23.7. The van der Waals surface area contributed by atoms with Gasteiger partial charge in [-0.05, 0) is 36.9 Å². The van der Waals surface area contributed by atoms with Crippen molar-refractivity contribution < 1.29 is 4.79 Å². The van der Waals surface area contributed by atoms with Gasteiger partial charge in [0.2, 0.25) is 0 Å². The number of nitrogens with one attached hydrogen (secondary N) is 2. The zero-order chi connectivity index (χ0) is 13.0. The minimum absolute atomic E-state index is 0.139. The predicted octanol–water partition coefficient (Wildman–Crippen LogP) is 1.85. The van der Waals surface area contributed by atoms with Crippen molar-refractivity contribution in [3.8, 4) is 0 Å². The predicted molar refractivity (Wildman–Crippen MR) is 71.8 cm³/mol. The fourth-order valence-electron chi connectivity index (χ4n) is 2.16. The average Bonchev–Trinajstić information content (AvgIpc) is 2.38. The van der Waals surface area contributed by atoms with Crippen LogP contribution < -0.4 is 10.6 Å².